The molecule has 1 fully saturated rings. The monoisotopic (exact) mass is 546 g/mol. The van der Waals surface area contributed by atoms with Crippen molar-refractivity contribution in [2.24, 2.45) is 0 Å². The Morgan fingerprint density at radius 1 is 0.667 bits per heavy atom. The molecule has 124 valence electrons. The zero-order chi connectivity index (χ0) is 17.1. The summed E-state index contributed by atoms with van der Waals surface area (Å²) in [7, 11) is 0. The van der Waals surface area contributed by atoms with Gasteiger partial charge in [0, 0.05) is 33.3 Å². The SMILES string of the molecule is O=C(c1ccccc1I)N1CCN(C(=O)c2ccccc2I)CC1. The molecule has 0 spiro atoms. The Labute approximate surface area is 168 Å². The van der Waals surface area contributed by atoms with E-state index in [1.807, 2.05) is 58.3 Å². The highest BCUT2D eigenvalue weighted by molar-refractivity contribution is 14.1. The second kappa shape index (κ2) is 7.81. The number of halogens is 2. The number of rotatable bonds is 2. The molecule has 6 heteroatoms. The van der Waals surface area contributed by atoms with Gasteiger partial charge in [-0.05, 0) is 69.4 Å². The number of amides is 2. The molecule has 4 nitrogen and oxygen atoms in total. The average Bonchev–Trinajstić information content (AvgIpc) is 2.61. The Morgan fingerprint density at radius 2 is 1.00 bits per heavy atom. The van der Waals surface area contributed by atoms with E-state index in [0.29, 0.717) is 26.2 Å². The van der Waals surface area contributed by atoms with Crippen molar-refractivity contribution < 1.29 is 9.59 Å². The molecule has 1 saturated heterocycles. The normalized spacial score (nSPS) is 14.6. The number of benzene rings is 2. The number of hydrogen-bond acceptors (Lipinski definition) is 2. The van der Waals surface area contributed by atoms with E-state index in [1.165, 1.54) is 0 Å². The summed E-state index contributed by atoms with van der Waals surface area (Å²) >= 11 is 4.37. The highest BCUT2D eigenvalue weighted by atomic mass is 127. The van der Waals surface area contributed by atoms with Crippen LogP contribution in [0.1, 0.15) is 20.7 Å². The summed E-state index contributed by atoms with van der Waals surface area (Å²) in [5, 5.41) is 0. The molecule has 0 N–H and O–H groups in total. The minimum Gasteiger partial charge on any atom is -0.335 e. The van der Waals surface area contributed by atoms with Crippen molar-refractivity contribution in [1.82, 2.24) is 9.80 Å². The molecular weight excluding hydrogens is 530 g/mol. The Kier molecular flexibility index (Phi) is 5.75. The highest BCUT2D eigenvalue weighted by Gasteiger charge is 2.26. The minimum absolute atomic E-state index is 0.0430. The Balaban J connectivity index is 1.66. The predicted octanol–water partition coefficient (Wildman–Crippen LogP) is 3.49. The molecule has 24 heavy (non-hydrogen) atoms. The smallest absolute Gasteiger partial charge is 0.255 e. The maximum atomic E-state index is 12.6. The molecular formula is C18H16I2N2O2. The van der Waals surface area contributed by atoms with Gasteiger partial charge in [-0.25, -0.2) is 0 Å². The molecule has 3 rings (SSSR count). The van der Waals surface area contributed by atoms with Crippen LogP contribution in [0.15, 0.2) is 48.5 Å². The lowest BCUT2D eigenvalue weighted by Gasteiger charge is -2.35. The summed E-state index contributed by atoms with van der Waals surface area (Å²) < 4.78 is 1.91. The Bertz CT molecular complexity index is 706. The van der Waals surface area contributed by atoms with Crippen molar-refractivity contribution in [3.8, 4) is 0 Å². The molecule has 1 aliphatic heterocycles. The number of nitrogens with zero attached hydrogens (tertiary/aromatic N) is 2. The van der Waals surface area contributed by atoms with Gasteiger partial charge in [0.15, 0.2) is 0 Å². The zero-order valence-electron chi connectivity index (χ0n) is 12.9. The first-order valence-electron chi connectivity index (χ1n) is 7.65. The molecule has 0 aliphatic carbocycles. The van der Waals surface area contributed by atoms with E-state index < -0.39 is 0 Å². The molecule has 0 aromatic heterocycles. The van der Waals surface area contributed by atoms with Crippen LogP contribution in [-0.4, -0.2) is 47.8 Å². The maximum Gasteiger partial charge on any atom is 0.255 e. The number of carbonyl (C=O) groups excluding carboxylic acids is 2. The minimum atomic E-state index is 0.0430. The third-order valence-electron chi connectivity index (χ3n) is 4.06. The molecule has 0 bridgehead atoms. The average molecular weight is 546 g/mol. The van der Waals surface area contributed by atoms with Crippen molar-refractivity contribution in [1.29, 1.82) is 0 Å². The summed E-state index contributed by atoms with van der Waals surface area (Å²) in [6.45, 7) is 2.27. The number of piperazine rings is 1. The number of carbonyl (C=O) groups is 2. The van der Waals surface area contributed by atoms with Gasteiger partial charge in [-0.1, -0.05) is 24.3 Å². The van der Waals surface area contributed by atoms with Crippen LogP contribution in [-0.2, 0) is 0 Å². The largest absolute Gasteiger partial charge is 0.335 e. The maximum absolute atomic E-state index is 12.6. The summed E-state index contributed by atoms with van der Waals surface area (Å²) in [6, 6.07) is 15.2. The molecule has 0 unspecified atom stereocenters. The fourth-order valence-electron chi connectivity index (χ4n) is 2.72. The Morgan fingerprint density at radius 3 is 1.33 bits per heavy atom. The predicted molar refractivity (Wildman–Crippen MR) is 110 cm³/mol. The van der Waals surface area contributed by atoms with Crippen molar-refractivity contribution in [3.63, 3.8) is 0 Å². The molecule has 0 saturated carbocycles. The van der Waals surface area contributed by atoms with Crippen LogP contribution in [0.3, 0.4) is 0 Å². The lowest BCUT2D eigenvalue weighted by Crippen LogP contribution is -2.50. The van der Waals surface area contributed by atoms with Crippen molar-refractivity contribution in [3.05, 3.63) is 66.8 Å². The van der Waals surface area contributed by atoms with Gasteiger partial charge in [-0.2, -0.15) is 0 Å². The molecule has 2 aromatic rings. The van der Waals surface area contributed by atoms with Crippen LogP contribution < -0.4 is 0 Å². The van der Waals surface area contributed by atoms with Crippen molar-refractivity contribution >= 4 is 57.0 Å². The van der Waals surface area contributed by atoms with Crippen LogP contribution in [0.25, 0.3) is 0 Å². The lowest BCUT2D eigenvalue weighted by atomic mass is 10.1. The van der Waals surface area contributed by atoms with Gasteiger partial charge in [-0.3, -0.25) is 9.59 Å². The zero-order valence-corrected chi connectivity index (χ0v) is 17.2. The van der Waals surface area contributed by atoms with Gasteiger partial charge in [-0.15, -0.1) is 0 Å². The topological polar surface area (TPSA) is 40.6 Å². The van der Waals surface area contributed by atoms with E-state index in [9.17, 15) is 9.59 Å². The van der Waals surface area contributed by atoms with Crippen LogP contribution in [0.5, 0.6) is 0 Å². The van der Waals surface area contributed by atoms with E-state index in [1.54, 1.807) is 0 Å². The number of hydrogen-bond donors (Lipinski definition) is 0. The van der Waals surface area contributed by atoms with E-state index in [2.05, 4.69) is 45.2 Å². The van der Waals surface area contributed by atoms with Crippen LogP contribution in [0, 0.1) is 7.14 Å². The van der Waals surface area contributed by atoms with Crippen LogP contribution >= 0.6 is 45.2 Å². The fraction of sp³-hybridized carbons (Fsp3) is 0.222. The van der Waals surface area contributed by atoms with Gasteiger partial charge in [0.2, 0.25) is 0 Å². The highest BCUT2D eigenvalue weighted by Crippen LogP contribution is 2.18. The molecule has 1 aliphatic rings. The summed E-state index contributed by atoms with van der Waals surface area (Å²) in [4.78, 5) is 28.9. The third-order valence-corrected chi connectivity index (χ3v) is 5.94. The van der Waals surface area contributed by atoms with E-state index in [0.717, 1.165) is 18.3 Å². The Hall–Kier alpha value is -1.16. The summed E-state index contributed by atoms with van der Waals surface area (Å²) in [6.07, 6.45) is 0. The van der Waals surface area contributed by atoms with Crippen molar-refractivity contribution in [2.45, 2.75) is 0 Å². The van der Waals surface area contributed by atoms with Crippen molar-refractivity contribution in [2.75, 3.05) is 26.2 Å². The van der Waals surface area contributed by atoms with E-state index in [-0.39, 0.29) is 11.8 Å². The fourth-order valence-corrected chi connectivity index (χ4v) is 3.96. The van der Waals surface area contributed by atoms with E-state index >= 15 is 0 Å². The van der Waals surface area contributed by atoms with Gasteiger partial charge < -0.3 is 9.80 Å². The summed E-state index contributed by atoms with van der Waals surface area (Å²) in [5.74, 6) is 0.0859. The van der Waals surface area contributed by atoms with Gasteiger partial charge in [0.1, 0.15) is 0 Å². The molecule has 0 radical (unpaired) electrons. The molecule has 0 atom stereocenters. The van der Waals surface area contributed by atoms with Gasteiger partial charge in [0.05, 0.1) is 11.1 Å². The first-order valence-corrected chi connectivity index (χ1v) is 9.81. The second-order valence-electron chi connectivity index (χ2n) is 5.54. The van der Waals surface area contributed by atoms with Gasteiger partial charge in [0.25, 0.3) is 11.8 Å². The standard InChI is InChI=1S/C18H16I2N2O2/c19-15-7-3-1-5-13(15)17(23)21-9-11-22(12-10-21)18(24)14-6-2-4-8-16(14)20/h1-8H,9-12H2. The van der Waals surface area contributed by atoms with Crippen LogP contribution in [0.4, 0.5) is 0 Å². The molecule has 2 amide bonds. The second-order valence-corrected chi connectivity index (χ2v) is 7.87. The quantitative estimate of drug-likeness (QED) is 0.542. The van der Waals surface area contributed by atoms with Crippen LogP contribution in [0.2, 0.25) is 0 Å². The summed E-state index contributed by atoms with van der Waals surface area (Å²) in [5.41, 5.74) is 1.46. The lowest BCUT2D eigenvalue weighted by molar-refractivity contribution is 0.0534. The van der Waals surface area contributed by atoms with Gasteiger partial charge >= 0.3 is 0 Å². The molecule has 1 heterocycles. The first-order chi connectivity index (χ1) is 11.6. The first kappa shape index (κ1) is 17.7. The van der Waals surface area contributed by atoms with E-state index in [4.69, 9.17) is 0 Å². The molecule has 2 aromatic carbocycles. The third kappa shape index (κ3) is 3.74.